The number of carbonyl (C=O) groups is 1. The zero-order valence-electron chi connectivity index (χ0n) is 16.6. The van der Waals surface area contributed by atoms with E-state index in [1.807, 2.05) is 4.90 Å². The van der Waals surface area contributed by atoms with Crippen LogP contribution in [0.3, 0.4) is 0 Å². The first-order valence-electron chi connectivity index (χ1n) is 9.14. The van der Waals surface area contributed by atoms with E-state index in [4.69, 9.17) is 21.1 Å². The number of anilines is 2. The maximum Gasteiger partial charge on any atom is 0.287 e. The van der Waals surface area contributed by atoms with Crippen molar-refractivity contribution in [2.24, 2.45) is 7.05 Å². The van der Waals surface area contributed by atoms with Crippen molar-refractivity contribution in [3.63, 3.8) is 0 Å². The molecule has 1 aliphatic rings. The van der Waals surface area contributed by atoms with Gasteiger partial charge in [-0.25, -0.2) is 4.68 Å². The van der Waals surface area contributed by atoms with Crippen LogP contribution in [-0.2, 0) is 11.8 Å². The fourth-order valence-electron chi connectivity index (χ4n) is 3.19. The predicted octanol–water partition coefficient (Wildman–Crippen LogP) is 1.21. The lowest BCUT2D eigenvalue weighted by atomic mass is 10.2. The Morgan fingerprint density at radius 3 is 2.52 bits per heavy atom. The van der Waals surface area contributed by atoms with E-state index in [0.29, 0.717) is 49.1 Å². The third-order valence-corrected chi connectivity index (χ3v) is 5.16. The number of piperazine rings is 1. The molecule has 2 heterocycles. The molecule has 0 unspecified atom stereocenters. The molecule has 0 saturated carbocycles. The van der Waals surface area contributed by atoms with E-state index in [9.17, 15) is 9.59 Å². The number of carbonyl (C=O) groups excluding carboxylic acids is 1. The summed E-state index contributed by atoms with van der Waals surface area (Å²) in [6, 6.07) is 5.23. The number of ether oxygens (including phenoxy) is 2. The van der Waals surface area contributed by atoms with E-state index in [1.165, 1.54) is 4.68 Å². The summed E-state index contributed by atoms with van der Waals surface area (Å²) in [5, 5.41) is 7.08. The second-order valence-electron chi connectivity index (χ2n) is 6.65. The molecule has 29 heavy (non-hydrogen) atoms. The molecule has 1 aromatic heterocycles. The van der Waals surface area contributed by atoms with Gasteiger partial charge in [0.2, 0.25) is 5.91 Å². The standard InChI is InChI=1S/C19H24ClN5O4/c1-23-19(27)18(20)14(11-21-23)25-8-6-24(7-9-25)12-17(26)22-13-4-5-15(28-2)16(10-13)29-3/h4-5,10-11H,6-9,12H2,1-3H3,(H,22,26). The lowest BCUT2D eigenvalue weighted by molar-refractivity contribution is -0.117. The van der Waals surface area contributed by atoms with Gasteiger partial charge >= 0.3 is 0 Å². The molecule has 0 radical (unpaired) electrons. The van der Waals surface area contributed by atoms with E-state index in [0.717, 1.165) is 0 Å². The summed E-state index contributed by atoms with van der Waals surface area (Å²) in [6.07, 6.45) is 1.60. The molecule has 0 bridgehead atoms. The van der Waals surface area contributed by atoms with Crippen LogP contribution in [0.1, 0.15) is 0 Å². The van der Waals surface area contributed by atoms with Gasteiger partial charge < -0.3 is 19.7 Å². The first-order chi connectivity index (χ1) is 13.9. The van der Waals surface area contributed by atoms with Gasteiger partial charge in [0.05, 0.1) is 32.6 Å². The Morgan fingerprint density at radius 1 is 1.17 bits per heavy atom. The molecular formula is C19H24ClN5O4. The molecule has 0 atom stereocenters. The average Bonchev–Trinajstić information content (AvgIpc) is 2.72. The van der Waals surface area contributed by atoms with Gasteiger partial charge in [-0.3, -0.25) is 14.5 Å². The molecule has 1 saturated heterocycles. The highest BCUT2D eigenvalue weighted by molar-refractivity contribution is 6.33. The van der Waals surface area contributed by atoms with Crippen molar-refractivity contribution in [3.8, 4) is 11.5 Å². The summed E-state index contributed by atoms with van der Waals surface area (Å²) in [5.41, 5.74) is 0.953. The van der Waals surface area contributed by atoms with Gasteiger partial charge in [0.15, 0.2) is 11.5 Å². The summed E-state index contributed by atoms with van der Waals surface area (Å²) in [7, 11) is 4.67. The van der Waals surface area contributed by atoms with Crippen molar-refractivity contribution in [1.82, 2.24) is 14.7 Å². The van der Waals surface area contributed by atoms with Crippen LogP contribution in [0.5, 0.6) is 11.5 Å². The van der Waals surface area contributed by atoms with Crippen LogP contribution in [0.4, 0.5) is 11.4 Å². The van der Waals surface area contributed by atoms with Crippen molar-refractivity contribution in [2.75, 3.05) is 57.2 Å². The van der Waals surface area contributed by atoms with E-state index >= 15 is 0 Å². The third-order valence-electron chi connectivity index (χ3n) is 4.81. The number of hydrogen-bond donors (Lipinski definition) is 1. The van der Waals surface area contributed by atoms with Crippen molar-refractivity contribution >= 4 is 28.9 Å². The van der Waals surface area contributed by atoms with Gasteiger partial charge in [0.1, 0.15) is 5.02 Å². The van der Waals surface area contributed by atoms with Crippen LogP contribution in [0.2, 0.25) is 5.02 Å². The zero-order valence-corrected chi connectivity index (χ0v) is 17.4. The van der Waals surface area contributed by atoms with Gasteiger partial charge in [-0.1, -0.05) is 11.6 Å². The van der Waals surface area contributed by atoms with Crippen molar-refractivity contribution < 1.29 is 14.3 Å². The molecule has 3 rings (SSSR count). The fourth-order valence-corrected chi connectivity index (χ4v) is 3.48. The number of aromatic nitrogens is 2. The van der Waals surface area contributed by atoms with Crippen LogP contribution in [0.15, 0.2) is 29.2 Å². The first kappa shape index (κ1) is 20.9. The Hall–Kier alpha value is -2.78. The number of benzene rings is 1. The summed E-state index contributed by atoms with van der Waals surface area (Å²) >= 11 is 6.18. The van der Waals surface area contributed by atoms with Gasteiger partial charge in [-0.15, -0.1) is 0 Å². The van der Waals surface area contributed by atoms with Crippen LogP contribution < -0.4 is 25.2 Å². The molecule has 0 aliphatic carbocycles. The molecule has 1 aromatic carbocycles. The monoisotopic (exact) mass is 421 g/mol. The largest absolute Gasteiger partial charge is 0.493 e. The highest BCUT2D eigenvalue weighted by Gasteiger charge is 2.22. The molecular weight excluding hydrogens is 398 g/mol. The van der Waals surface area contributed by atoms with Gasteiger partial charge in [0, 0.05) is 45.0 Å². The number of halogens is 1. The van der Waals surface area contributed by atoms with Crippen molar-refractivity contribution in [1.29, 1.82) is 0 Å². The Morgan fingerprint density at radius 2 is 1.86 bits per heavy atom. The minimum atomic E-state index is -0.319. The van der Waals surface area contributed by atoms with Crippen LogP contribution in [0, 0.1) is 0 Å². The predicted molar refractivity (Wildman–Crippen MR) is 111 cm³/mol. The lowest BCUT2D eigenvalue weighted by Gasteiger charge is -2.35. The number of nitrogens with one attached hydrogen (secondary N) is 1. The van der Waals surface area contributed by atoms with Gasteiger partial charge in [-0.05, 0) is 12.1 Å². The van der Waals surface area contributed by atoms with E-state index < -0.39 is 0 Å². The molecule has 1 N–H and O–H groups in total. The number of aryl methyl sites for hydroxylation is 1. The quantitative estimate of drug-likeness (QED) is 0.749. The minimum absolute atomic E-state index is 0.112. The zero-order chi connectivity index (χ0) is 21.0. The highest BCUT2D eigenvalue weighted by atomic mass is 35.5. The molecule has 1 aliphatic heterocycles. The van der Waals surface area contributed by atoms with Crippen LogP contribution in [0.25, 0.3) is 0 Å². The third kappa shape index (κ3) is 4.80. The fraction of sp³-hybridized carbons (Fsp3) is 0.421. The van der Waals surface area contributed by atoms with Crippen LogP contribution in [-0.4, -0.2) is 67.5 Å². The molecule has 1 fully saturated rings. The smallest absolute Gasteiger partial charge is 0.287 e. The molecule has 9 nitrogen and oxygen atoms in total. The Bertz CT molecular complexity index is 941. The maximum atomic E-state index is 12.4. The maximum absolute atomic E-state index is 12.4. The number of hydrogen-bond acceptors (Lipinski definition) is 7. The van der Waals surface area contributed by atoms with E-state index in [2.05, 4.69) is 15.3 Å². The Labute approximate surface area is 173 Å². The number of nitrogens with zero attached hydrogens (tertiary/aromatic N) is 4. The summed E-state index contributed by atoms with van der Waals surface area (Å²) in [4.78, 5) is 28.4. The number of rotatable bonds is 6. The number of amides is 1. The minimum Gasteiger partial charge on any atom is -0.493 e. The lowest BCUT2D eigenvalue weighted by Crippen LogP contribution is -2.49. The number of methoxy groups -OCH3 is 2. The molecule has 2 aromatic rings. The first-order valence-corrected chi connectivity index (χ1v) is 9.51. The normalized spacial score (nSPS) is 14.6. The topological polar surface area (TPSA) is 88.9 Å². The van der Waals surface area contributed by atoms with Crippen molar-refractivity contribution in [3.05, 3.63) is 39.8 Å². The molecule has 156 valence electrons. The van der Waals surface area contributed by atoms with Gasteiger partial charge in [0.25, 0.3) is 5.56 Å². The van der Waals surface area contributed by atoms with E-state index in [1.54, 1.807) is 45.7 Å². The van der Waals surface area contributed by atoms with Gasteiger partial charge in [-0.2, -0.15) is 5.10 Å². The average molecular weight is 422 g/mol. The Kier molecular flexibility index (Phi) is 6.60. The molecule has 0 spiro atoms. The summed E-state index contributed by atoms with van der Waals surface area (Å²) < 4.78 is 11.7. The van der Waals surface area contributed by atoms with E-state index in [-0.39, 0.29) is 23.0 Å². The summed E-state index contributed by atoms with van der Waals surface area (Å²) in [5.74, 6) is 1.04. The summed E-state index contributed by atoms with van der Waals surface area (Å²) in [6.45, 7) is 2.91. The Balaban J connectivity index is 1.55. The second-order valence-corrected chi connectivity index (χ2v) is 7.03. The molecule has 1 amide bonds. The van der Waals surface area contributed by atoms with Crippen LogP contribution >= 0.6 is 11.6 Å². The second kappa shape index (κ2) is 9.15. The van der Waals surface area contributed by atoms with Crippen molar-refractivity contribution in [2.45, 2.75) is 0 Å². The SMILES string of the molecule is COc1ccc(NC(=O)CN2CCN(c3cnn(C)c(=O)c3Cl)CC2)cc1OC. The highest BCUT2D eigenvalue weighted by Crippen LogP contribution is 2.29. The molecule has 10 heteroatoms.